The first kappa shape index (κ1) is 19.7. The van der Waals surface area contributed by atoms with Gasteiger partial charge in [-0.2, -0.15) is 0 Å². The summed E-state index contributed by atoms with van der Waals surface area (Å²) in [6.45, 7) is 0.994. The highest BCUT2D eigenvalue weighted by atomic mass is 32.2. The number of rotatable bonds is 6. The van der Waals surface area contributed by atoms with E-state index < -0.39 is 10.0 Å². The minimum Gasteiger partial charge on any atom is -0.336 e. The van der Waals surface area contributed by atoms with Crippen LogP contribution in [0.4, 0.5) is 16.2 Å². The zero-order chi connectivity index (χ0) is 19.4. The molecule has 1 unspecified atom stereocenters. The molecule has 0 bridgehead atoms. The molecule has 1 aromatic carbocycles. The van der Waals surface area contributed by atoms with Crippen LogP contribution in [0.3, 0.4) is 0 Å². The van der Waals surface area contributed by atoms with Gasteiger partial charge in [0.1, 0.15) is 0 Å². The Balaban J connectivity index is 1.56. The topological polar surface area (TPSA) is 81.8 Å². The highest BCUT2D eigenvalue weighted by Gasteiger charge is 2.28. The third kappa shape index (κ3) is 4.79. The van der Waals surface area contributed by atoms with Gasteiger partial charge in [-0.25, -0.2) is 13.2 Å². The van der Waals surface area contributed by atoms with Gasteiger partial charge in [0.25, 0.3) is 0 Å². The molecule has 0 aliphatic carbocycles. The summed E-state index contributed by atoms with van der Waals surface area (Å²) in [6.07, 6.45) is 0.641. The van der Waals surface area contributed by atoms with Crippen molar-refractivity contribution in [1.29, 1.82) is 0 Å². The quantitative estimate of drug-likeness (QED) is 0.770. The van der Waals surface area contributed by atoms with Crippen molar-refractivity contribution in [2.24, 2.45) is 0 Å². The number of carbonyl (C=O) groups excluding carboxylic acids is 1. The molecule has 1 aliphatic heterocycles. The van der Waals surface area contributed by atoms with Crippen LogP contribution in [0.15, 0.2) is 41.8 Å². The Hall–Kier alpha value is -2.10. The molecule has 0 spiro atoms. The van der Waals surface area contributed by atoms with Crippen molar-refractivity contribution in [2.75, 3.05) is 42.6 Å². The molecule has 27 heavy (non-hydrogen) atoms. The molecule has 1 aromatic heterocycles. The molecule has 0 radical (unpaired) electrons. The molecule has 1 fully saturated rings. The van der Waals surface area contributed by atoms with E-state index in [-0.39, 0.29) is 17.8 Å². The standard InChI is InChI=1S/C18H24N4O3S2/c1-21(2)16(17-5-3-11-26-17)13-19-18(23)20-14-6-8-15(9-7-14)22-10-4-12-27(22,24)25/h3,5-9,11,16H,4,10,12-13H2,1-2H3,(H2,19,20,23). The predicted molar refractivity (Wildman–Crippen MR) is 110 cm³/mol. The summed E-state index contributed by atoms with van der Waals surface area (Å²) in [4.78, 5) is 15.5. The first-order valence-electron chi connectivity index (χ1n) is 8.72. The van der Waals surface area contributed by atoms with Crippen LogP contribution in [0.2, 0.25) is 0 Å². The SMILES string of the molecule is CN(C)C(CNC(=O)Nc1ccc(N2CCCS2(=O)=O)cc1)c1cccs1. The fourth-order valence-electron chi connectivity index (χ4n) is 3.02. The van der Waals surface area contributed by atoms with Gasteiger partial charge < -0.3 is 15.5 Å². The highest BCUT2D eigenvalue weighted by molar-refractivity contribution is 7.93. The third-order valence-corrected chi connectivity index (χ3v) is 7.31. The van der Waals surface area contributed by atoms with Gasteiger partial charge in [0.2, 0.25) is 10.0 Å². The van der Waals surface area contributed by atoms with E-state index in [4.69, 9.17) is 0 Å². The number of nitrogens with one attached hydrogen (secondary N) is 2. The lowest BCUT2D eigenvalue weighted by atomic mass is 10.2. The molecule has 2 aromatic rings. The van der Waals surface area contributed by atoms with Gasteiger partial charge in [0, 0.05) is 23.7 Å². The predicted octanol–water partition coefficient (Wildman–Crippen LogP) is 2.71. The molecule has 2 amide bonds. The van der Waals surface area contributed by atoms with E-state index >= 15 is 0 Å². The highest BCUT2D eigenvalue weighted by Crippen LogP contribution is 2.25. The monoisotopic (exact) mass is 408 g/mol. The average Bonchev–Trinajstić information content (AvgIpc) is 3.25. The number of benzene rings is 1. The molecule has 0 saturated carbocycles. The van der Waals surface area contributed by atoms with Crippen molar-refractivity contribution < 1.29 is 13.2 Å². The summed E-state index contributed by atoms with van der Waals surface area (Å²) in [6, 6.07) is 10.7. The second-order valence-corrected chi connectivity index (χ2v) is 9.61. The number of sulfonamides is 1. The Kier molecular flexibility index (Phi) is 6.03. The maximum absolute atomic E-state index is 12.2. The largest absolute Gasteiger partial charge is 0.336 e. The second kappa shape index (κ2) is 8.28. The minimum absolute atomic E-state index is 0.110. The van der Waals surface area contributed by atoms with E-state index in [1.165, 1.54) is 9.18 Å². The number of anilines is 2. The summed E-state index contributed by atoms with van der Waals surface area (Å²) < 4.78 is 25.4. The number of nitrogens with zero attached hydrogens (tertiary/aromatic N) is 2. The zero-order valence-electron chi connectivity index (χ0n) is 15.4. The maximum atomic E-state index is 12.2. The molecule has 1 aliphatic rings. The molecule has 3 rings (SSSR count). The summed E-state index contributed by atoms with van der Waals surface area (Å²) in [5.74, 6) is 0.187. The van der Waals surface area contributed by atoms with Gasteiger partial charge in [0.15, 0.2) is 0 Å². The Morgan fingerprint density at radius 3 is 2.56 bits per heavy atom. The molecule has 1 saturated heterocycles. The normalized spacial score (nSPS) is 17.1. The number of amides is 2. The van der Waals surface area contributed by atoms with Gasteiger partial charge in [-0.1, -0.05) is 6.07 Å². The molecule has 7 nitrogen and oxygen atoms in total. The van der Waals surface area contributed by atoms with Crippen molar-refractivity contribution in [3.05, 3.63) is 46.7 Å². The molecule has 9 heteroatoms. The Labute approximate surface area is 164 Å². The van der Waals surface area contributed by atoms with Crippen LogP contribution in [-0.4, -0.2) is 52.3 Å². The maximum Gasteiger partial charge on any atom is 0.319 e. The summed E-state index contributed by atoms with van der Waals surface area (Å²) in [5.41, 5.74) is 1.24. The third-order valence-electron chi connectivity index (χ3n) is 4.46. The van der Waals surface area contributed by atoms with Gasteiger partial charge >= 0.3 is 6.03 Å². The summed E-state index contributed by atoms with van der Waals surface area (Å²) in [7, 11) is 0.769. The summed E-state index contributed by atoms with van der Waals surface area (Å²) >= 11 is 1.66. The van der Waals surface area contributed by atoms with Crippen molar-refractivity contribution >= 4 is 38.8 Å². The number of hydrogen-bond acceptors (Lipinski definition) is 5. The number of carbonyl (C=O) groups is 1. The molecule has 2 heterocycles. The van der Waals surface area contributed by atoms with Crippen molar-refractivity contribution in [1.82, 2.24) is 10.2 Å². The van der Waals surface area contributed by atoms with E-state index in [1.54, 1.807) is 35.6 Å². The first-order valence-corrected chi connectivity index (χ1v) is 11.2. The number of likely N-dealkylation sites (N-methyl/N-ethyl adjacent to an activating group) is 1. The first-order chi connectivity index (χ1) is 12.9. The fraction of sp³-hybridized carbons (Fsp3) is 0.389. The van der Waals surface area contributed by atoms with Gasteiger partial charge in [0.05, 0.1) is 17.5 Å². The summed E-state index contributed by atoms with van der Waals surface area (Å²) in [5, 5.41) is 7.70. The van der Waals surface area contributed by atoms with Crippen molar-refractivity contribution in [2.45, 2.75) is 12.5 Å². The minimum atomic E-state index is -3.19. The van der Waals surface area contributed by atoms with Gasteiger partial charge in [-0.05, 0) is 56.2 Å². The van der Waals surface area contributed by atoms with Gasteiger partial charge in [-0.3, -0.25) is 4.31 Å². The Morgan fingerprint density at radius 2 is 2.00 bits per heavy atom. The van der Waals surface area contributed by atoms with Crippen LogP contribution in [0.1, 0.15) is 17.3 Å². The molecule has 1 atom stereocenters. The van der Waals surface area contributed by atoms with Crippen LogP contribution in [0, 0.1) is 0 Å². The lowest BCUT2D eigenvalue weighted by molar-refractivity contribution is 0.244. The van der Waals surface area contributed by atoms with Crippen molar-refractivity contribution in [3.8, 4) is 0 Å². The van der Waals surface area contributed by atoms with Crippen LogP contribution in [0.25, 0.3) is 0 Å². The molecule has 2 N–H and O–H groups in total. The van der Waals surface area contributed by atoms with Crippen LogP contribution < -0.4 is 14.9 Å². The van der Waals surface area contributed by atoms with E-state index in [1.807, 2.05) is 25.5 Å². The van der Waals surface area contributed by atoms with Crippen molar-refractivity contribution in [3.63, 3.8) is 0 Å². The van der Waals surface area contributed by atoms with E-state index in [0.29, 0.717) is 30.9 Å². The smallest absolute Gasteiger partial charge is 0.319 e. The lowest BCUT2D eigenvalue weighted by Gasteiger charge is -2.23. The van der Waals surface area contributed by atoms with Crippen LogP contribution >= 0.6 is 11.3 Å². The Bertz CT molecular complexity index is 865. The van der Waals surface area contributed by atoms with Gasteiger partial charge in [-0.15, -0.1) is 11.3 Å². The van der Waals surface area contributed by atoms with E-state index in [0.717, 1.165) is 0 Å². The lowest BCUT2D eigenvalue weighted by Crippen LogP contribution is -2.36. The van der Waals surface area contributed by atoms with Crippen LogP contribution in [-0.2, 0) is 10.0 Å². The van der Waals surface area contributed by atoms with Crippen LogP contribution in [0.5, 0.6) is 0 Å². The Morgan fingerprint density at radius 1 is 1.26 bits per heavy atom. The molecular weight excluding hydrogens is 384 g/mol. The zero-order valence-corrected chi connectivity index (χ0v) is 17.0. The van der Waals surface area contributed by atoms with E-state index in [9.17, 15) is 13.2 Å². The molecular formula is C18H24N4O3S2. The average molecular weight is 409 g/mol. The number of thiophene rings is 1. The fourth-order valence-corrected chi connectivity index (χ4v) is 5.51. The molecule has 146 valence electrons. The second-order valence-electron chi connectivity index (χ2n) is 6.62. The number of hydrogen-bond donors (Lipinski definition) is 2. The van der Waals surface area contributed by atoms with E-state index in [2.05, 4.69) is 21.6 Å². The number of urea groups is 1.